The van der Waals surface area contributed by atoms with Gasteiger partial charge in [-0.3, -0.25) is 9.69 Å². The Morgan fingerprint density at radius 1 is 1.33 bits per heavy atom. The summed E-state index contributed by atoms with van der Waals surface area (Å²) in [6, 6.07) is 2.84. The lowest BCUT2D eigenvalue weighted by Gasteiger charge is -2.26. The van der Waals surface area contributed by atoms with Crippen molar-refractivity contribution in [2.45, 2.75) is 6.43 Å². The largest absolute Gasteiger partial charge is 0.379 e. The van der Waals surface area contributed by atoms with E-state index in [0.29, 0.717) is 32.4 Å². The molecule has 0 radical (unpaired) electrons. The predicted molar refractivity (Wildman–Crippen MR) is 70.9 cm³/mol. The first kappa shape index (κ1) is 15.8. The molecule has 1 fully saturated rings. The van der Waals surface area contributed by atoms with E-state index < -0.39 is 23.7 Å². The van der Waals surface area contributed by atoms with Crippen molar-refractivity contribution in [1.82, 2.24) is 10.2 Å². The van der Waals surface area contributed by atoms with Crippen LogP contribution in [-0.2, 0) is 4.74 Å². The molecule has 1 aromatic carbocycles. The van der Waals surface area contributed by atoms with E-state index in [4.69, 9.17) is 4.74 Å². The Balaban J connectivity index is 1.85. The molecular weight excluding hydrogens is 285 g/mol. The minimum absolute atomic E-state index is 0.221. The van der Waals surface area contributed by atoms with Gasteiger partial charge < -0.3 is 10.1 Å². The number of rotatable bonds is 5. The van der Waals surface area contributed by atoms with Gasteiger partial charge in [0.15, 0.2) is 0 Å². The van der Waals surface area contributed by atoms with Gasteiger partial charge in [-0.25, -0.2) is 13.2 Å². The van der Waals surface area contributed by atoms with E-state index in [1.165, 1.54) is 0 Å². The molecule has 1 aromatic rings. The van der Waals surface area contributed by atoms with E-state index in [2.05, 4.69) is 10.2 Å². The number of hydrogen-bond donors (Lipinski definition) is 1. The second kappa shape index (κ2) is 7.42. The van der Waals surface area contributed by atoms with Crippen molar-refractivity contribution in [3.8, 4) is 0 Å². The maximum atomic E-state index is 13.6. The number of halogens is 3. The van der Waals surface area contributed by atoms with Gasteiger partial charge in [0.1, 0.15) is 5.82 Å². The van der Waals surface area contributed by atoms with Crippen LogP contribution in [0.15, 0.2) is 18.2 Å². The molecule has 116 valence electrons. The van der Waals surface area contributed by atoms with Crippen LogP contribution in [0.4, 0.5) is 13.2 Å². The van der Waals surface area contributed by atoms with Gasteiger partial charge in [-0.1, -0.05) is 6.07 Å². The number of morpholine rings is 1. The van der Waals surface area contributed by atoms with E-state index in [9.17, 15) is 18.0 Å². The van der Waals surface area contributed by atoms with Gasteiger partial charge in [-0.15, -0.1) is 0 Å². The van der Waals surface area contributed by atoms with Crippen LogP contribution in [-0.4, -0.2) is 50.2 Å². The molecule has 1 N–H and O–H groups in total. The number of benzene rings is 1. The summed E-state index contributed by atoms with van der Waals surface area (Å²) in [7, 11) is 0. The summed E-state index contributed by atoms with van der Waals surface area (Å²) in [5.41, 5.74) is -0.654. The fraction of sp³-hybridized carbons (Fsp3) is 0.500. The van der Waals surface area contributed by atoms with Crippen LogP contribution in [0.2, 0.25) is 0 Å². The molecule has 1 saturated heterocycles. The van der Waals surface area contributed by atoms with Crippen molar-refractivity contribution in [3.05, 3.63) is 35.1 Å². The van der Waals surface area contributed by atoms with Gasteiger partial charge in [-0.05, 0) is 12.1 Å². The maximum absolute atomic E-state index is 13.6. The molecule has 0 unspecified atom stereocenters. The van der Waals surface area contributed by atoms with Gasteiger partial charge in [0, 0.05) is 31.7 Å². The highest BCUT2D eigenvalue weighted by Gasteiger charge is 2.16. The zero-order chi connectivity index (χ0) is 15.2. The van der Waals surface area contributed by atoms with Crippen LogP contribution in [0, 0.1) is 5.82 Å². The standard InChI is InChI=1S/C14H17F3N2O2/c15-12-9-10(13(16)17)1-2-11(12)14(20)18-3-4-19-5-7-21-8-6-19/h1-2,9,13H,3-8H2,(H,18,20). The third-order valence-corrected chi connectivity index (χ3v) is 3.31. The normalized spacial score (nSPS) is 16.2. The fourth-order valence-electron chi connectivity index (χ4n) is 2.10. The van der Waals surface area contributed by atoms with Crippen molar-refractivity contribution < 1.29 is 22.7 Å². The number of carbonyl (C=O) groups excluding carboxylic acids is 1. The lowest BCUT2D eigenvalue weighted by molar-refractivity contribution is 0.0383. The van der Waals surface area contributed by atoms with Gasteiger partial charge in [0.05, 0.1) is 18.8 Å². The van der Waals surface area contributed by atoms with E-state index >= 15 is 0 Å². The second-order valence-electron chi connectivity index (χ2n) is 4.75. The van der Waals surface area contributed by atoms with Crippen LogP contribution in [0.5, 0.6) is 0 Å². The van der Waals surface area contributed by atoms with Crippen LogP contribution in [0.3, 0.4) is 0 Å². The third-order valence-electron chi connectivity index (χ3n) is 3.31. The first-order valence-electron chi connectivity index (χ1n) is 6.74. The monoisotopic (exact) mass is 302 g/mol. The quantitative estimate of drug-likeness (QED) is 0.902. The molecule has 0 aromatic heterocycles. The average Bonchev–Trinajstić information content (AvgIpc) is 2.48. The Hall–Kier alpha value is -1.60. The topological polar surface area (TPSA) is 41.6 Å². The molecule has 0 bridgehead atoms. The predicted octanol–water partition coefficient (Wildman–Crippen LogP) is 1.83. The molecule has 0 aliphatic carbocycles. The first-order chi connectivity index (χ1) is 10.1. The minimum Gasteiger partial charge on any atom is -0.379 e. The highest BCUT2D eigenvalue weighted by molar-refractivity contribution is 5.94. The number of nitrogens with zero attached hydrogens (tertiary/aromatic N) is 1. The number of hydrogen-bond acceptors (Lipinski definition) is 3. The molecule has 0 atom stereocenters. The van der Waals surface area contributed by atoms with Crippen LogP contribution < -0.4 is 5.32 Å². The summed E-state index contributed by atoms with van der Waals surface area (Å²) >= 11 is 0. The Morgan fingerprint density at radius 3 is 2.67 bits per heavy atom. The Bertz CT molecular complexity index is 491. The number of amides is 1. The van der Waals surface area contributed by atoms with Crippen LogP contribution in [0.25, 0.3) is 0 Å². The lowest BCUT2D eigenvalue weighted by Crippen LogP contribution is -2.41. The van der Waals surface area contributed by atoms with E-state index in [-0.39, 0.29) is 5.56 Å². The Labute approximate surface area is 120 Å². The van der Waals surface area contributed by atoms with Crippen LogP contribution in [0.1, 0.15) is 22.3 Å². The first-order valence-corrected chi connectivity index (χ1v) is 6.74. The zero-order valence-electron chi connectivity index (χ0n) is 11.4. The van der Waals surface area contributed by atoms with Crippen LogP contribution >= 0.6 is 0 Å². The molecule has 21 heavy (non-hydrogen) atoms. The van der Waals surface area contributed by atoms with Crippen molar-refractivity contribution >= 4 is 5.91 Å². The highest BCUT2D eigenvalue weighted by Crippen LogP contribution is 2.21. The molecule has 1 aliphatic heterocycles. The van der Waals surface area contributed by atoms with Crippen molar-refractivity contribution in [1.29, 1.82) is 0 Å². The molecular formula is C14H17F3N2O2. The van der Waals surface area contributed by atoms with Gasteiger partial charge in [0.25, 0.3) is 12.3 Å². The SMILES string of the molecule is O=C(NCCN1CCOCC1)c1ccc(C(F)F)cc1F. The highest BCUT2D eigenvalue weighted by atomic mass is 19.3. The fourth-order valence-corrected chi connectivity index (χ4v) is 2.10. The average molecular weight is 302 g/mol. The van der Waals surface area contributed by atoms with Gasteiger partial charge in [0.2, 0.25) is 0 Å². The smallest absolute Gasteiger partial charge is 0.263 e. The van der Waals surface area contributed by atoms with Crippen molar-refractivity contribution in [2.24, 2.45) is 0 Å². The zero-order valence-corrected chi connectivity index (χ0v) is 11.4. The molecule has 0 saturated carbocycles. The summed E-state index contributed by atoms with van der Waals surface area (Å²) in [6.07, 6.45) is -2.75. The van der Waals surface area contributed by atoms with Gasteiger partial charge >= 0.3 is 0 Å². The minimum atomic E-state index is -2.75. The lowest BCUT2D eigenvalue weighted by atomic mass is 10.1. The second-order valence-corrected chi connectivity index (χ2v) is 4.75. The van der Waals surface area contributed by atoms with E-state index in [1.54, 1.807) is 0 Å². The molecule has 1 amide bonds. The molecule has 1 heterocycles. The van der Waals surface area contributed by atoms with E-state index in [1.807, 2.05) is 0 Å². The van der Waals surface area contributed by atoms with Crippen molar-refractivity contribution in [3.63, 3.8) is 0 Å². The summed E-state index contributed by atoms with van der Waals surface area (Å²) in [6.45, 7) is 3.94. The molecule has 0 spiro atoms. The summed E-state index contributed by atoms with van der Waals surface area (Å²) in [4.78, 5) is 13.9. The number of ether oxygens (including phenoxy) is 1. The number of carbonyl (C=O) groups is 1. The Morgan fingerprint density at radius 2 is 2.05 bits per heavy atom. The molecule has 7 heteroatoms. The van der Waals surface area contributed by atoms with E-state index in [0.717, 1.165) is 25.2 Å². The summed E-state index contributed by atoms with van der Waals surface area (Å²) < 4.78 is 43.6. The summed E-state index contributed by atoms with van der Waals surface area (Å²) in [5.74, 6) is -1.53. The Kier molecular flexibility index (Phi) is 5.58. The number of nitrogens with one attached hydrogen (secondary N) is 1. The van der Waals surface area contributed by atoms with Gasteiger partial charge in [-0.2, -0.15) is 0 Å². The summed E-state index contributed by atoms with van der Waals surface area (Å²) in [5, 5.41) is 2.59. The van der Waals surface area contributed by atoms with Crippen molar-refractivity contribution in [2.75, 3.05) is 39.4 Å². The maximum Gasteiger partial charge on any atom is 0.263 e. The third kappa shape index (κ3) is 4.44. The molecule has 4 nitrogen and oxygen atoms in total. The molecule has 2 rings (SSSR count). The number of alkyl halides is 2. The molecule has 1 aliphatic rings.